The SMILES string of the molecule is CO/N=C(/C(=O)OC)c1ccccc1C.CO/N=C(/C(=O)OC)c1ccccc1CBr.COC(=O)C(=O)c1ccccc1C.Cc1ccccc1C(=O)C#N.Cc1ccccc1C(=O)Cl.II. The fraction of sp³-hybridized carbons (Fsp3) is 0.204. The average molecular weight is 1230 g/mol. The lowest BCUT2D eigenvalue weighted by atomic mass is 10.0. The lowest BCUT2D eigenvalue weighted by molar-refractivity contribution is -0.135. The molecule has 0 aliphatic heterocycles. The fourth-order valence-electron chi connectivity index (χ4n) is 5.19. The summed E-state index contributed by atoms with van der Waals surface area (Å²) in [6, 6.07) is 37.6. The molecule has 0 amide bonds. The maximum Gasteiger partial charge on any atom is 0.379 e. The molecule has 0 atom stereocenters. The van der Waals surface area contributed by atoms with Gasteiger partial charge in [0.1, 0.15) is 20.3 Å². The number of nitrogens with zero attached hydrogens (tertiary/aromatic N) is 3. The highest BCUT2D eigenvalue weighted by atomic mass is 128. The second kappa shape index (κ2) is 35.4. The van der Waals surface area contributed by atoms with E-state index >= 15 is 0 Å². The zero-order chi connectivity index (χ0) is 50.9. The molecule has 0 spiro atoms. The topological polar surface area (TPSA) is 197 Å². The number of rotatable bonds is 11. The van der Waals surface area contributed by atoms with Gasteiger partial charge in [-0.3, -0.25) is 14.4 Å². The van der Waals surface area contributed by atoms with Gasteiger partial charge in [-0.25, -0.2) is 14.4 Å². The Morgan fingerprint density at radius 2 is 0.851 bits per heavy atom. The van der Waals surface area contributed by atoms with Crippen molar-refractivity contribution in [1.82, 2.24) is 0 Å². The number of methoxy groups -OCH3 is 3. The third kappa shape index (κ3) is 21.6. The van der Waals surface area contributed by atoms with E-state index in [0.29, 0.717) is 33.1 Å². The predicted octanol–water partition coefficient (Wildman–Crippen LogP) is 10.8. The minimum atomic E-state index is -0.825. The van der Waals surface area contributed by atoms with Crippen LogP contribution >= 0.6 is 64.8 Å². The Hall–Kier alpha value is -5.82. The van der Waals surface area contributed by atoms with E-state index < -0.39 is 34.7 Å². The number of halogens is 4. The Balaban J connectivity index is 0.000000812. The van der Waals surface area contributed by atoms with Crippen LogP contribution in [0, 0.1) is 39.0 Å². The number of nitriles is 1. The van der Waals surface area contributed by atoms with E-state index in [0.717, 1.165) is 27.8 Å². The maximum absolute atomic E-state index is 11.5. The first-order valence-electron chi connectivity index (χ1n) is 19.3. The lowest BCUT2D eigenvalue weighted by Crippen LogP contribution is -2.19. The van der Waals surface area contributed by atoms with Gasteiger partial charge >= 0.3 is 17.9 Å². The van der Waals surface area contributed by atoms with E-state index in [1.165, 1.54) is 35.5 Å². The summed E-state index contributed by atoms with van der Waals surface area (Å²) in [7, 11) is 6.59. The smallest absolute Gasteiger partial charge is 0.379 e. The van der Waals surface area contributed by atoms with Gasteiger partial charge in [-0.1, -0.05) is 142 Å². The van der Waals surface area contributed by atoms with E-state index in [4.69, 9.17) is 16.9 Å². The number of hydrogen-bond acceptors (Lipinski definition) is 14. The quantitative estimate of drug-likeness (QED) is 0.0116. The third-order valence-electron chi connectivity index (χ3n) is 8.55. The molecule has 0 unspecified atom stereocenters. The highest BCUT2D eigenvalue weighted by Crippen LogP contribution is 2.15. The standard InChI is InChI=1S/C11H12BrNO3.C11H13NO3.C10H10O3.C9H7NO.C8H7ClO.I2/c1-15-11(14)10(13-16-2)9-6-4-3-5-8(9)7-12;1-8-6-4-5-7-9(8)10(12-15-3)11(13)14-2;1-7-5-3-4-6-8(7)9(11)10(12)13-2;1-7-4-2-3-5-8(7)9(11)6-10;1-6-4-2-3-5-7(6)8(9)10;1-2/h3-6H,7H2,1-2H3;4-7H,1-3H3;3-6H,1-2H3;2-5H,1H3;2-5H,1H3;/b13-10+;12-10+;;;;. The number of benzene rings is 5. The van der Waals surface area contributed by atoms with Crippen LogP contribution in [0.4, 0.5) is 0 Å². The molecular formula is C49H49BrClI2N3O11. The minimum Gasteiger partial charge on any atom is -0.464 e. The number of hydrogen-bond donors (Lipinski definition) is 0. The van der Waals surface area contributed by atoms with E-state index in [1.807, 2.05) is 87.5 Å². The minimum absolute atomic E-state index is 0.167. The van der Waals surface area contributed by atoms with Crippen molar-refractivity contribution in [3.8, 4) is 6.07 Å². The molecule has 0 aliphatic carbocycles. The number of carbonyl (C=O) groups excluding carboxylic acids is 6. The van der Waals surface area contributed by atoms with Gasteiger partial charge in [0.15, 0.2) is 11.4 Å². The first-order chi connectivity index (χ1) is 32.1. The number of alkyl halides is 1. The molecule has 0 saturated carbocycles. The van der Waals surface area contributed by atoms with Gasteiger partial charge in [-0.15, -0.1) is 0 Å². The van der Waals surface area contributed by atoms with E-state index in [1.54, 1.807) is 67.6 Å². The van der Waals surface area contributed by atoms with Crippen molar-refractivity contribution >= 4 is 111 Å². The van der Waals surface area contributed by atoms with Crippen LogP contribution < -0.4 is 0 Å². The van der Waals surface area contributed by atoms with Crippen molar-refractivity contribution in [2.45, 2.75) is 33.0 Å². The van der Waals surface area contributed by atoms with Gasteiger partial charge < -0.3 is 23.9 Å². The molecule has 18 heteroatoms. The van der Waals surface area contributed by atoms with Crippen molar-refractivity contribution in [3.63, 3.8) is 0 Å². The molecule has 0 N–H and O–H groups in total. The van der Waals surface area contributed by atoms with Crippen LogP contribution in [0.15, 0.2) is 132 Å². The molecule has 0 fully saturated rings. The Labute approximate surface area is 427 Å². The Kier molecular flexibility index (Phi) is 32.3. The molecule has 0 aliphatic rings. The molecule has 5 aromatic carbocycles. The Morgan fingerprint density at radius 1 is 0.522 bits per heavy atom. The summed E-state index contributed by atoms with van der Waals surface area (Å²) in [6.45, 7) is 7.33. The van der Waals surface area contributed by atoms with Crippen LogP contribution in [0.2, 0.25) is 0 Å². The van der Waals surface area contributed by atoms with Crippen LogP contribution in [-0.2, 0) is 43.6 Å². The number of esters is 3. The number of carbonyl (C=O) groups is 6. The van der Waals surface area contributed by atoms with Crippen LogP contribution in [0.25, 0.3) is 0 Å². The summed E-state index contributed by atoms with van der Waals surface area (Å²) in [4.78, 5) is 75.9. The molecule has 14 nitrogen and oxygen atoms in total. The number of ketones is 2. The lowest BCUT2D eigenvalue weighted by Gasteiger charge is -2.07. The van der Waals surface area contributed by atoms with Crippen molar-refractivity contribution in [3.05, 3.63) is 177 Å². The molecule has 5 rings (SSSR count). The molecule has 0 radical (unpaired) electrons. The maximum atomic E-state index is 11.5. The average Bonchev–Trinajstić information content (AvgIpc) is 3.35. The van der Waals surface area contributed by atoms with Crippen LogP contribution in [0.5, 0.6) is 0 Å². The normalized spacial score (nSPS) is 9.85. The number of oxime groups is 2. The van der Waals surface area contributed by atoms with Crippen molar-refractivity contribution in [2.24, 2.45) is 10.3 Å². The predicted molar refractivity (Wildman–Crippen MR) is 279 cm³/mol. The van der Waals surface area contributed by atoms with Gasteiger partial charge in [0.2, 0.25) is 0 Å². The van der Waals surface area contributed by atoms with Crippen molar-refractivity contribution < 1.29 is 52.7 Å². The third-order valence-corrected chi connectivity index (χ3v) is 9.36. The highest BCUT2D eigenvalue weighted by Gasteiger charge is 2.19. The highest BCUT2D eigenvalue weighted by molar-refractivity contribution is 15.0. The summed E-state index contributed by atoms with van der Waals surface area (Å²) >= 11 is 12.9. The summed E-state index contributed by atoms with van der Waals surface area (Å²) in [5, 5.41) is 15.9. The summed E-state index contributed by atoms with van der Waals surface area (Å²) in [5.41, 5.74) is 7.67. The Bertz CT molecular complexity index is 2530. The molecule has 5 aromatic rings. The second-order valence-electron chi connectivity index (χ2n) is 12.8. The second-order valence-corrected chi connectivity index (χ2v) is 13.7. The Morgan fingerprint density at radius 3 is 1.18 bits per heavy atom. The van der Waals surface area contributed by atoms with Gasteiger partial charge in [0.25, 0.3) is 16.8 Å². The number of aryl methyl sites for hydroxylation is 4. The molecule has 0 bridgehead atoms. The summed E-state index contributed by atoms with van der Waals surface area (Å²) in [5.74, 6) is -2.92. The van der Waals surface area contributed by atoms with Crippen molar-refractivity contribution in [2.75, 3.05) is 35.5 Å². The van der Waals surface area contributed by atoms with Gasteiger partial charge in [0, 0.05) is 70.4 Å². The van der Waals surface area contributed by atoms with Crippen LogP contribution in [0.3, 0.4) is 0 Å². The van der Waals surface area contributed by atoms with Gasteiger partial charge in [0.05, 0.1) is 21.3 Å². The number of Topliss-reactive ketones (excluding diaryl/α,β-unsaturated/α-hetero) is 2. The van der Waals surface area contributed by atoms with Gasteiger partial charge in [-0.2, -0.15) is 5.26 Å². The number of ether oxygens (including phenoxy) is 3. The van der Waals surface area contributed by atoms with E-state index in [2.05, 4.69) is 87.4 Å². The molecular weight excluding hydrogens is 1180 g/mol. The monoisotopic (exact) mass is 1220 g/mol. The fourth-order valence-corrected chi connectivity index (χ4v) is 5.89. The van der Waals surface area contributed by atoms with Crippen LogP contribution in [0.1, 0.15) is 70.0 Å². The zero-order valence-corrected chi connectivity index (χ0v) is 44.8. The van der Waals surface area contributed by atoms with Gasteiger partial charge in [-0.05, 0) is 73.2 Å². The molecule has 354 valence electrons. The van der Waals surface area contributed by atoms with Crippen molar-refractivity contribution in [1.29, 1.82) is 5.26 Å². The molecule has 67 heavy (non-hydrogen) atoms. The molecule has 0 heterocycles. The van der Waals surface area contributed by atoms with Crippen LogP contribution in [-0.4, -0.2) is 81.7 Å². The first kappa shape index (κ1) is 61.2. The first-order valence-corrected chi connectivity index (χ1v) is 27.0. The van der Waals surface area contributed by atoms with E-state index in [9.17, 15) is 28.8 Å². The van der Waals surface area contributed by atoms with E-state index in [-0.39, 0.29) is 11.4 Å². The largest absolute Gasteiger partial charge is 0.464 e. The summed E-state index contributed by atoms with van der Waals surface area (Å²) in [6.07, 6.45) is 0. The molecule has 0 saturated heterocycles. The zero-order valence-electron chi connectivity index (χ0n) is 38.1. The molecule has 0 aromatic heterocycles. The summed E-state index contributed by atoms with van der Waals surface area (Å²) < 4.78 is 13.6.